The molecule has 1 rings (SSSR count). The van der Waals surface area contributed by atoms with Crippen LogP contribution in [0, 0.1) is 0 Å². The second kappa shape index (κ2) is 5.48. The van der Waals surface area contributed by atoms with Crippen LogP contribution in [-0.4, -0.2) is 34.8 Å². The first kappa shape index (κ1) is 11.7. The molecule has 1 heterocycles. The monoisotopic (exact) mass is 279 g/mol. The van der Waals surface area contributed by atoms with Crippen LogP contribution in [0.4, 0.5) is 5.82 Å². The molecule has 0 aromatic carbocycles. The fourth-order valence-electron chi connectivity index (χ4n) is 1.09. The van der Waals surface area contributed by atoms with Crippen LogP contribution in [-0.2, 0) is 0 Å². The Balaban J connectivity index is 2.96. The van der Waals surface area contributed by atoms with Crippen molar-refractivity contribution in [3.8, 4) is 0 Å². The van der Waals surface area contributed by atoms with Crippen LogP contribution in [0.5, 0.6) is 0 Å². The third-order valence-electron chi connectivity index (χ3n) is 1.75. The molecular formula is C8H11BrClN3O. The summed E-state index contributed by atoms with van der Waals surface area (Å²) in [4.78, 5) is 9.83. The van der Waals surface area contributed by atoms with Gasteiger partial charge in [-0.15, -0.1) is 0 Å². The molecule has 0 spiro atoms. The summed E-state index contributed by atoms with van der Waals surface area (Å²) in [5, 5.41) is 9.06. The van der Waals surface area contributed by atoms with Gasteiger partial charge in [-0.05, 0) is 34.5 Å². The molecule has 1 N–H and O–H groups in total. The van der Waals surface area contributed by atoms with Gasteiger partial charge in [-0.1, -0.05) is 0 Å². The Kier molecular flexibility index (Phi) is 4.57. The number of likely N-dealkylation sites (N-methyl/N-ethyl adjacent to an activating group) is 1. The van der Waals surface area contributed by atoms with Crippen LogP contribution in [0.25, 0.3) is 0 Å². The Hall–Kier alpha value is -0.390. The minimum absolute atomic E-state index is 0.0852. The van der Waals surface area contributed by atoms with E-state index in [1.165, 1.54) is 0 Å². The molecule has 0 saturated heterocycles. The Labute approximate surface area is 96.1 Å². The van der Waals surface area contributed by atoms with Gasteiger partial charge in [0, 0.05) is 19.3 Å². The van der Waals surface area contributed by atoms with E-state index in [1.54, 1.807) is 6.20 Å². The number of nitrogens with zero attached hydrogens (tertiary/aromatic N) is 3. The molecule has 6 heteroatoms. The first-order chi connectivity index (χ1) is 6.69. The molecule has 1 aromatic rings. The standard InChI is InChI=1S/C8H11BrClN3O/c1-2-13(3-4-14)7-6(9)5-11-8(10)12-7/h5,14H,2-4H2,1H3. The van der Waals surface area contributed by atoms with Gasteiger partial charge >= 0.3 is 0 Å². The van der Waals surface area contributed by atoms with Crippen molar-refractivity contribution in [3.05, 3.63) is 16.0 Å². The molecule has 0 fully saturated rings. The van der Waals surface area contributed by atoms with Gasteiger partial charge in [-0.2, -0.15) is 4.98 Å². The second-order valence-corrected chi connectivity index (χ2v) is 3.81. The van der Waals surface area contributed by atoms with E-state index >= 15 is 0 Å². The zero-order valence-corrected chi connectivity index (χ0v) is 10.1. The number of aliphatic hydroxyl groups excluding tert-OH is 1. The highest BCUT2D eigenvalue weighted by Gasteiger charge is 2.10. The molecule has 0 atom stereocenters. The van der Waals surface area contributed by atoms with E-state index in [0.717, 1.165) is 11.0 Å². The van der Waals surface area contributed by atoms with Crippen molar-refractivity contribution in [2.45, 2.75) is 6.92 Å². The number of aliphatic hydroxyl groups is 1. The molecule has 78 valence electrons. The Bertz CT molecular complexity index is 311. The van der Waals surface area contributed by atoms with Crippen molar-refractivity contribution >= 4 is 33.3 Å². The van der Waals surface area contributed by atoms with Crippen LogP contribution >= 0.6 is 27.5 Å². The molecule has 14 heavy (non-hydrogen) atoms. The largest absolute Gasteiger partial charge is 0.395 e. The van der Waals surface area contributed by atoms with Gasteiger partial charge in [0.25, 0.3) is 0 Å². The van der Waals surface area contributed by atoms with Crippen molar-refractivity contribution in [1.29, 1.82) is 0 Å². The topological polar surface area (TPSA) is 49.2 Å². The molecule has 1 aromatic heterocycles. The van der Waals surface area contributed by atoms with E-state index < -0.39 is 0 Å². The van der Waals surface area contributed by atoms with E-state index in [1.807, 2.05) is 11.8 Å². The summed E-state index contributed by atoms with van der Waals surface area (Å²) in [5.41, 5.74) is 0. The van der Waals surface area contributed by atoms with E-state index in [4.69, 9.17) is 16.7 Å². The summed E-state index contributed by atoms with van der Waals surface area (Å²) < 4.78 is 0.775. The second-order valence-electron chi connectivity index (χ2n) is 2.61. The highest BCUT2D eigenvalue weighted by Crippen LogP contribution is 2.23. The van der Waals surface area contributed by atoms with Crippen molar-refractivity contribution in [3.63, 3.8) is 0 Å². The highest BCUT2D eigenvalue weighted by atomic mass is 79.9. The van der Waals surface area contributed by atoms with E-state index in [-0.39, 0.29) is 11.9 Å². The third-order valence-corrected chi connectivity index (χ3v) is 2.49. The van der Waals surface area contributed by atoms with Crippen LogP contribution < -0.4 is 4.90 Å². The number of hydrogen-bond acceptors (Lipinski definition) is 4. The lowest BCUT2D eigenvalue weighted by Crippen LogP contribution is -2.27. The van der Waals surface area contributed by atoms with Crippen molar-refractivity contribution in [2.24, 2.45) is 0 Å². The summed E-state index contributed by atoms with van der Waals surface area (Å²) >= 11 is 9.02. The van der Waals surface area contributed by atoms with Crippen LogP contribution in [0.3, 0.4) is 0 Å². The number of halogens is 2. The molecule has 0 unspecified atom stereocenters. The smallest absolute Gasteiger partial charge is 0.224 e. The quantitative estimate of drug-likeness (QED) is 0.853. The first-order valence-corrected chi connectivity index (χ1v) is 5.40. The average molecular weight is 281 g/mol. The minimum Gasteiger partial charge on any atom is -0.395 e. The molecule has 0 amide bonds. The molecule has 0 aliphatic rings. The lowest BCUT2D eigenvalue weighted by atomic mass is 10.4. The SMILES string of the molecule is CCN(CCO)c1nc(Cl)ncc1Br. The summed E-state index contributed by atoms with van der Waals surface area (Å²) in [7, 11) is 0. The molecule has 0 bridgehead atoms. The Morgan fingerprint density at radius 1 is 1.64 bits per heavy atom. The highest BCUT2D eigenvalue weighted by molar-refractivity contribution is 9.10. The van der Waals surface area contributed by atoms with Gasteiger partial charge in [-0.25, -0.2) is 4.98 Å². The molecule has 0 radical (unpaired) electrons. The number of anilines is 1. The minimum atomic E-state index is 0.0852. The van der Waals surface area contributed by atoms with E-state index in [2.05, 4.69) is 25.9 Å². The van der Waals surface area contributed by atoms with Crippen LogP contribution in [0.2, 0.25) is 5.28 Å². The maximum Gasteiger partial charge on any atom is 0.224 e. The summed E-state index contributed by atoms with van der Waals surface area (Å²) in [5.74, 6) is 0.710. The zero-order chi connectivity index (χ0) is 10.6. The van der Waals surface area contributed by atoms with Gasteiger partial charge in [0.05, 0.1) is 11.1 Å². The Morgan fingerprint density at radius 3 is 2.93 bits per heavy atom. The van der Waals surface area contributed by atoms with Crippen LogP contribution in [0.15, 0.2) is 10.7 Å². The number of rotatable bonds is 4. The predicted molar refractivity (Wildman–Crippen MR) is 59.7 cm³/mol. The van der Waals surface area contributed by atoms with Gasteiger partial charge < -0.3 is 10.0 Å². The maximum absolute atomic E-state index is 8.86. The fraction of sp³-hybridized carbons (Fsp3) is 0.500. The van der Waals surface area contributed by atoms with Gasteiger partial charge in [0.2, 0.25) is 5.28 Å². The molecule has 4 nitrogen and oxygen atoms in total. The molecular weight excluding hydrogens is 269 g/mol. The van der Waals surface area contributed by atoms with Crippen LogP contribution in [0.1, 0.15) is 6.92 Å². The summed E-state index contributed by atoms with van der Waals surface area (Å²) in [6.07, 6.45) is 1.60. The van der Waals surface area contributed by atoms with Crippen molar-refractivity contribution in [2.75, 3.05) is 24.6 Å². The normalized spacial score (nSPS) is 10.3. The number of aromatic nitrogens is 2. The van der Waals surface area contributed by atoms with Gasteiger partial charge in [0.1, 0.15) is 5.82 Å². The van der Waals surface area contributed by atoms with E-state index in [0.29, 0.717) is 12.4 Å². The lowest BCUT2D eigenvalue weighted by molar-refractivity contribution is 0.302. The lowest BCUT2D eigenvalue weighted by Gasteiger charge is -2.21. The van der Waals surface area contributed by atoms with Gasteiger partial charge in [0.15, 0.2) is 0 Å². The maximum atomic E-state index is 8.86. The first-order valence-electron chi connectivity index (χ1n) is 4.23. The van der Waals surface area contributed by atoms with Crippen molar-refractivity contribution in [1.82, 2.24) is 9.97 Å². The number of hydrogen-bond donors (Lipinski definition) is 1. The summed E-state index contributed by atoms with van der Waals surface area (Å²) in [6, 6.07) is 0. The predicted octanol–water partition coefficient (Wildman–Crippen LogP) is 1.71. The summed E-state index contributed by atoms with van der Waals surface area (Å²) in [6.45, 7) is 3.36. The Morgan fingerprint density at radius 2 is 2.36 bits per heavy atom. The van der Waals surface area contributed by atoms with E-state index in [9.17, 15) is 0 Å². The fourth-order valence-corrected chi connectivity index (χ4v) is 1.66. The molecule has 0 aliphatic carbocycles. The zero-order valence-electron chi connectivity index (χ0n) is 7.74. The molecule has 0 saturated carbocycles. The van der Waals surface area contributed by atoms with Crippen molar-refractivity contribution < 1.29 is 5.11 Å². The molecule has 0 aliphatic heterocycles. The average Bonchev–Trinajstić information content (AvgIpc) is 2.18. The van der Waals surface area contributed by atoms with Gasteiger partial charge in [-0.3, -0.25) is 0 Å². The third kappa shape index (κ3) is 2.80.